The van der Waals surface area contributed by atoms with Gasteiger partial charge in [0.05, 0.1) is 0 Å². The lowest BCUT2D eigenvalue weighted by molar-refractivity contribution is -0.366. The Labute approximate surface area is 89.6 Å². The third kappa shape index (κ3) is 1.67. The van der Waals surface area contributed by atoms with Crippen LogP contribution in [-0.4, -0.2) is 18.7 Å². The molecule has 1 atom stereocenters. The minimum Gasteiger partial charge on any atom is -0.352 e. The number of hydrogen-bond acceptors (Lipinski definition) is 3. The molecular weight excluding hydrogens is 192 g/mol. The van der Waals surface area contributed by atoms with Gasteiger partial charge in [0.25, 0.3) is 0 Å². The van der Waals surface area contributed by atoms with Crippen molar-refractivity contribution in [2.75, 3.05) is 7.11 Å². The molecule has 0 amide bonds. The molecule has 1 unspecified atom stereocenters. The van der Waals surface area contributed by atoms with Crippen molar-refractivity contribution in [2.45, 2.75) is 31.0 Å². The maximum absolute atomic E-state index is 8.86. The van der Waals surface area contributed by atoms with E-state index in [9.17, 15) is 0 Å². The fourth-order valence-electron chi connectivity index (χ4n) is 2.36. The van der Waals surface area contributed by atoms with Crippen LogP contribution in [0.3, 0.4) is 0 Å². The summed E-state index contributed by atoms with van der Waals surface area (Å²) in [6.07, 6.45) is 2.58. The molecule has 1 aliphatic rings. The number of methoxy groups -OCH3 is 1. The Balaban J connectivity index is 2.29. The summed E-state index contributed by atoms with van der Waals surface area (Å²) in [5, 5.41) is 8.86. The van der Waals surface area contributed by atoms with Gasteiger partial charge in [-0.25, -0.2) is 10.1 Å². The van der Waals surface area contributed by atoms with Crippen LogP contribution in [0.4, 0.5) is 0 Å². The highest BCUT2D eigenvalue weighted by Gasteiger charge is 2.47. The van der Waals surface area contributed by atoms with Crippen molar-refractivity contribution >= 4 is 0 Å². The van der Waals surface area contributed by atoms with Crippen LogP contribution in [0.5, 0.6) is 0 Å². The van der Waals surface area contributed by atoms with Crippen LogP contribution in [0, 0.1) is 0 Å². The smallest absolute Gasteiger partial charge is 0.200 e. The number of benzene rings is 1. The molecule has 15 heavy (non-hydrogen) atoms. The second-order valence-electron chi connectivity index (χ2n) is 4.05. The van der Waals surface area contributed by atoms with E-state index in [1.54, 1.807) is 7.11 Å². The summed E-state index contributed by atoms with van der Waals surface area (Å²) in [5.74, 6) is 0. The molecule has 2 rings (SSSR count). The first-order valence-corrected chi connectivity index (χ1v) is 5.22. The first kappa shape index (κ1) is 10.6. The van der Waals surface area contributed by atoms with E-state index in [-0.39, 0.29) is 5.41 Å². The third-order valence-corrected chi connectivity index (χ3v) is 3.36. The normalized spacial score (nSPS) is 20.7. The SMILES string of the molecule is COC(OO)C1(c2ccccc2)CCC1. The third-order valence-electron chi connectivity index (χ3n) is 3.36. The van der Waals surface area contributed by atoms with Crippen molar-refractivity contribution in [1.82, 2.24) is 0 Å². The van der Waals surface area contributed by atoms with Gasteiger partial charge in [-0.05, 0) is 18.4 Å². The van der Waals surface area contributed by atoms with Crippen LogP contribution in [0.25, 0.3) is 0 Å². The molecule has 0 spiro atoms. The molecule has 0 saturated heterocycles. The van der Waals surface area contributed by atoms with Crippen LogP contribution in [0.2, 0.25) is 0 Å². The molecule has 82 valence electrons. The molecule has 1 aromatic rings. The Morgan fingerprint density at radius 3 is 2.33 bits per heavy atom. The molecule has 1 fully saturated rings. The van der Waals surface area contributed by atoms with E-state index in [1.165, 1.54) is 5.56 Å². The Morgan fingerprint density at radius 2 is 1.93 bits per heavy atom. The second-order valence-corrected chi connectivity index (χ2v) is 4.05. The topological polar surface area (TPSA) is 38.7 Å². The largest absolute Gasteiger partial charge is 0.352 e. The van der Waals surface area contributed by atoms with Gasteiger partial charge in [0.15, 0.2) is 6.29 Å². The molecule has 1 saturated carbocycles. The van der Waals surface area contributed by atoms with Crippen molar-refractivity contribution in [3.8, 4) is 0 Å². The first-order valence-electron chi connectivity index (χ1n) is 5.22. The molecule has 0 aromatic heterocycles. The summed E-state index contributed by atoms with van der Waals surface area (Å²) in [5.41, 5.74) is 1.02. The van der Waals surface area contributed by atoms with Gasteiger partial charge in [0.1, 0.15) is 0 Å². The van der Waals surface area contributed by atoms with E-state index in [0.29, 0.717) is 0 Å². The summed E-state index contributed by atoms with van der Waals surface area (Å²) in [6, 6.07) is 10.1. The van der Waals surface area contributed by atoms with E-state index >= 15 is 0 Å². The van der Waals surface area contributed by atoms with Crippen LogP contribution < -0.4 is 0 Å². The van der Waals surface area contributed by atoms with Crippen molar-refractivity contribution in [2.24, 2.45) is 0 Å². The zero-order valence-electron chi connectivity index (χ0n) is 8.85. The average Bonchev–Trinajstić information content (AvgIpc) is 2.24. The highest BCUT2D eigenvalue weighted by atomic mass is 17.1. The fraction of sp³-hybridized carbons (Fsp3) is 0.500. The number of ether oxygens (including phenoxy) is 1. The zero-order valence-corrected chi connectivity index (χ0v) is 8.85. The molecule has 0 radical (unpaired) electrons. The maximum Gasteiger partial charge on any atom is 0.200 e. The number of rotatable bonds is 4. The molecule has 1 N–H and O–H groups in total. The fourth-order valence-corrected chi connectivity index (χ4v) is 2.36. The lowest BCUT2D eigenvalue weighted by Gasteiger charge is -2.45. The van der Waals surface area contributed by atoms with E-state index in [0.717, 1.165) is 19.3 Å². The van der Waals surface area contributed by atoms with Crippen molar-refractivity contribution in [1.29, 1.82) is 0 Å². The van der Waals surface area contributed by atoms with Crippen LogP contribution in [-0.2, 0) is 15.0 Å². The summed E-state index contributed by atoms with van der Waals surface area (Å²) >= 11 is 0. The first-order chi connectivity index (χ1) is 7.33. The Hall–Kier alpha value is -0.900. The average molecular weight is 208 g/mol. The van der Waals surface area contributed by atoms with E-state index in [2.05, 4.69) is 17.0 Å². The quantitative estimate of drug-likeness (QED) is 0.469. The van der Waals surface area contributed by atoms with Crippen LogP contribution in [0.1, 0.15) is 24.8 Å². The molecule has 3 heteroatoms. The Bertz CT molecular complexity index is 302. The standard InChI is InChI=1S/C12H16O3/c1-14-11(15-13)12(8-5-9-12)10-6-3-2-4-7-10/h2-4,6-7,11,13H,5,8-9H2,1H3. The summed E-state index contributed by atoms with van der Waals surface area (Å²) in [7, 11) is 1.56. The predicted octanol–water partition coefficient (Wildman–Crippen LogP) is 2.57. The lowest BCUT2D eigenvalue weighted by Crippen LogP contribution is -2.47. The Kier molecular flexibility index (Phi) is 3.05. The molecule has 0 bridgehead atoms. The second kappa shape index (κ2) is 4.31. The highest BCUT2D eigenvalue weighted by Crippen LogP contribution is 2.47. The summed E-state index contributed by atoms with van der Waals surface area (Å²) < 4.78 is 5.19. The van der Waals surface area contributed by atoms with Gasteiger partial charge in [-0.3, -0.25) is 0 Å². The molecular formula is C12H16O3. The molecule has 0 heterocycles. The van der Waals surface area contributed by atoms with Crippen LogP contribution >= 0.6 is 0 Å². The van der Waals surface area contributed by atoms with E-state index < -0.39 is 6.29 Å². The summed E-state index contributed by atoms with van der Waals surface area (Å²) in [6.45, 7) is 0. The summed E-state index contributed by atoms with van der Waals surface area (Å²) in [4.78, 5) is 4.44. The molecule has 0 aliphatic heterocycles. The van der Waals surface area contributed by atoms with Gasteiger partial charge in [0.2, 0.25) is 0 Å². The molecule has 3 nitrogen and oxygen atoms in total. The molecule has 1 aromatic carbocycles. The van der Waals surface area contributed by atoms with Gasteiger partial charge >= 0.3 is 0 Å². The minimum absolute atomic E-state index is 0.162. The van der Waals surface area contributed by atoms with Gasteiger partial charge < -0.3 is 4.74 Å². The van der Waals surface area contributed by atoms with Crippen LogP contribution in [0.15, 0.2) is 30.3 Å². The maximum atomic E-state index is 8.86. The van der Waals surface area contributed by atoms with E-state index in [1.807, 2.05) is 18.2 Å². The number of hydrogen-bond donors (Lipinski definition) is 1. The molecule has 1 aliphatic carbocycles. The van der Waals surface area contributed by atoms with Gasteiger partial charge in [-0.15, -0.1) is 0 Å². The highest BCUT2D eigenvalue weighted by molar-refractivity contribution is 5.28. The monoisotopic (exact) mass is 208 g/mol. The van der Waals surface area contributed by atoms with Gasteiger partial charge in [0, 0.05) is 12.5 Å². The Morgan fingerprint density at radius 1 is 1.27 bits per heavy atom. The van der Waals surface area contributed by atoms with E-state index in [4.69, 9.17) is 9.99 Å². The zero-order chi connectivity index (χ0) is 10.7. The van der Waals surface area contributed by atoms with Crippen molar-refractivity contribution in [3.05, 3.63) is 35.9 Å². The van der Waals surface area contributed by atoms with Crippen molar-refractivity contribution < 1.29 is 14.9 Å². The van der Waals surface area contributed by atoms with Gasteiger partial charge in [-0.1, -0.05) is 36.8 Å². The van der Waals surface area contributed by atoms with Crippen molar-refractivity contribution in [3.63, 3.8) is 0 Å². The van der Waals surface area contributed by atoms with Gasteiger partial charge in [-0.2, -0.15) is 0 Å². The lowest BCUT2D eigenvalue weighted by atomic mass is 9.64. The predicted molar refractivity (Wildman–Crippen MR) is 56.5 cm³/mol. The minimum atomic E-state index is -0.561.